The number of nitrogens with zero attached hydrogens (tertiary/aromatic N) is 1. The van der Waals surface area contributed by atoms with Crippen LogP contribution >= 0.6 is 27.5 Å². The first-order valence-corrected chi connectivity index (χ1v) is 4.82. The van der Waals surface area contributed by atoms with Gasteiger partial charge in [0.05, 0.1) is 15.0 Å². The molecule has 2 aromatic heterocycles. The molecule has 0 spiro atoms. The number of hydrogen-bond acceptors (Lipinski definition) is 1. The van der Waals surface area contributed by atoms with Crippen LogP contribution in [0.5, 0.6) is 0 Å². The van der Waals surface area contributed by atoms with E-state index in [9.17, 15) is 4.79 Å². The highest BCUT2D eigenvalue weighted by atomic mass is 79.9. The van der Waals surface area contributed by atoms with E-state index in [0.29, 0.717) is 9.50 Å². The number of aromatic nitrogens is 1. The van der Waals surface area contributed by atoms with Crippen LogP contribution in [0.3, 0.4) is 0 Å². The summed E-state index contributed by atoms with van der Waals surface area (Å²) in [7, 11) is 0. The molecule has 0 fully saturated rings. The molecule has 66 valence electrons. The van der Waals surface area contributed by atoms with Crippen molar-refractivity contribution in [2.24, 2.45) is 0 Å². The molecule has 0 bridgehead atoms. The third kappa shape index (κ3) is 1.38. The van der Waals surface area contributed by atoms with Crippen LogP contribution in [-0.2, 0) is 0 Å². The summed E-state index contributed by atoms with van der Waals surface area (Å²) in [5.41, 5.74) is 0.623. The van der Waals surface area contributed by atoms with E-state index in [1.54, 1.807) is 30.5 Å². The molecule has 2 nitrogen and oxygen atoms in total. The van der Waals surface area contributed by atoms with Crippen LogP contribution < -0.4 is 5.56 Å². The maximum absolute atomic E-state index is 11.5. The lowest BCUT2D eigenvalue weighted by Crippen LogP contribution is -2.13. The fourth-order valence-electron chi connectivity index (χ4n) is 1.17. The summed E-state index contributed by atoms with van der Waals surface area (Å²) in [6, 6.07) is 6.99. The smallest absolute Gasteiger partial charge is 0.269 e. The first kappa shape index (κ1) is 8.78. The fourth-order valence-corrected chi connectivity index (χ4v) is 1.72. The molecular formula is C9H5BrClNO. The molecule has 0 atom stereocenters. The molecule has 2 aromatic rings. The molecular weight excluding hydrogens is 253 g/mol. The van der Waals surface area contributed by atoms with Crippen LogP contribution in [0.2, 0.25) is 5.02 Å². The molecule has 0 unspecified atom stereocenters. The van der Waals surface area contributed by atoms with E-state index in [1.165, 1.54) is 4.40 Å². The standard InChI is InChI=1S/C9H5BrClNO/c10-6-3-4-8-7(11)2-1-5-12(8)9(6)13/h1-5H. The van der Waals surface area contributed by atoms with E-state index in [0.717, 1.165) is 5.52 Å². The van der Waals surface area contributed by atoms with E-state index in [4.69, 9.17) is 11.6 Å². The summed E-state index contributed by atoms with van der Waals surface area (Å²) in [4.78, 5) is 11.5. The summed E-state index contributed by atoms with van der Waals surface area (Å²) in [5.74, 6) is 0. The first-order chi connectivity index (χ1) is 6.20. The minimum atomic E-state index is -0.0972. The lowest BCUT2D eigenvalue weighted by Gasteiger charge is -2.01. The fraction of sp³-hybridized carbons (Fsp3) is 0. The molecule has 0 saturated carbocycles. The van der Waals surface area contributed by atoms with Crippen molar-refractivity contribution in [2.75, 3.05) is 0 Å². The second-order valence-corrected chi connectivity index (χ2v) is 3.86. The Hall–Kier alpha value is -0.800. The largest absolute Gasteiger partial charge is 0.282 e. The van der Waals surface area contributed by atoms with E-state index in [2.05, 4.69) is 15.9 Å². The quantitative estimate of drug-likeness (QED) is 0.712. The van der Waals surface area contributed by atoms with Crippen LogP contribution in [0.1, 0.15) is 0 Å². The highest BCUT2D eigenvalue weighted by molar-refractivity contribution is 9.10. The van der Waals surface area contributed by atoms with Gasteiger partial charge in [0, 0.05) is 6.20 Å². The second kappa shape index (κ2) is 3.16. The molecule has 0 radical (unpaired) electrons. The van der Waals surface area contributed by atoms with Gasteiger partial charge in [-0.3, -0.25) is 9.20 Å². The van der Waals surface area contributed by atoms with Gasteiger partial charge in [-0.1, -0.05) is 11.6 Å². The van der Waals surface area contributed by atoms with Gasteiger partial charge in [0.15, 0.2) is 0 Å². The van der Waals surface area contributed by atoms with Crippen LogP contribution in [0.25, 0.3) is 5.52 Å². The highest BCUT2D eigenvalue weighted by Gasteiger charge is 2.01. The summed E-state index contributed by atoms with van der Waals surface area (Å²) < 4.78 is 2.04. The molecule has 2 heterocycles. The molecule has 13 heavy (non-hydrogen) atoms. The van der Waals surface area contributed by atoms with Gasteiger partial charge in [0.2, 0.25) is 0 Å². The topological polar surface area (TPSA) is 21.5 Å². The second-order valence-electron chi connectivity index (χ2n) is 2.60. The zero-order chi connectivity index (χ0) is 9.42. The molecule has 0 aliphatic carbocycles. The maximum Gasteiger partial charge on any atom is 0.269 e. The molecule has 0 N–H and O–H groups in total. The summed E-state index contributed by atoms with van der Waals surface area (Å²) in [5, 5.41) is 0.576. The molecule has 0 aliphatic rings. The van der Waals surface area contributed by atoms with Crippen LogP contribution in [0, 0.1) is 0 Å². The van der Waals surface area contributed by atoms with Crippen molar-refractivity contribution in [1.29, 1.82) is 0 Å². The molecule has 0 amide bonds. The van der Waals surface area contributed by atoms with Gasteiger partial charge in [-0.2, -0.15) is 0 Å². The molecule has 2 rings (SSSR count). The van der Waals surface area contributed by atoms with Crippen molar-refractivity contribution < 1.29 is 0 Å². The van der Waals surface area contributed by atoms with Crippen molar-refractivity contribution in [3.63, 3.8) is 0 Å². The maximum atomic E-state index is 11.5. The number of halogens is 2. The Labute approximate surface area is 87.9 Å². The van der Waals surface area contributed by atoms with Gasteiger partial charge in [-0.15, -0.1) is 0 Å². The minimum absolute atomic E-state index is 0.0972. The number of pyridine rings is 2. The van der Waals surface area contributed by atoms with Gasteiger partial charge < -0.3 is 0 Å². The Morgan fingerprint density at radius 2 is 2.08 bits per heavy atom. The Kier molecular flexibility index (Phi) is 2.14. The van der Waals surface area contributed by atoms with Crippen molar-refractivity contribution in [3.8, 4) is 0 Å². The van der Waals surface area contributed by atoms with Gasteiger partial charge in [-0.25, -0.2) is 0 Å². The van der Waals surface area contributed by atoms with Crippen LogP contribution in [-0.4, -0.2) is 4.40 Å². The zero-order valence-electron chi connectivity index (χ0n) is 6.50. The Morgan fingerprint density at radius 3 is 2.85 bits per heavy atom. The van der Waals surface area contributed by atoms with E-state index >= 15 is 0 Å². The van der Waals surface area contributed by atoms with Crippen LogP contribution in [0.4, 0.5) is 0 Å². The zero-order valence-corrected chi connectivity index (χ0v) is 8.84. The monoisotopic (exact) mass is 257 g/mol. The molecule has 0 aromatic carbocycles. The number of hydrogen-bond donors (Lipinski definition) is 0. The average molecular weight is 259 g/mol. The van der Waals surface area contributed by atoms with Crippen molar-refractivity contribution in [1.82, 2.24) is 4.40 Å². The summed E-state index contributed by atoms with van der Waals surface area (Å²) in [6.45, 7) is 0. The lowest BCUT2D eigenvalue weighted by atomic mass is 10.3. The summed E-state index contributed by atoms with van der Waals surface area (Å²) >= 11 is 9.07. The van der Waals surface area contributed by atoms with Gasteiger partial charge in [0.1, 0.15) is 0 Å². The first-order valence-electron chi connectivity index (χ1n) is 3.65. The van der Waals surface area contributed by atoms with Gasteiger partial charge >= 0.3 is 0 Å². The average Bonchev–Trinajstić information content (AvgIpc) is 2.12. The minimum Gasteiger partial charge on any atom is -0.282 e. The third-order valence-corrected chi connectivity index (χ3v) is 2.72. The van der Waals surface area contributed by atoms with E-state index < -0.39 is 0 Å². The predicted molar refractivity (Wildman–Crippen MR) is 56.4 cm³/mol. The van der Waals surface area contributed by atoms with Crippen LogP contribution in [0.15, 0.2) is 39.7 Å². The van der Waals surface area contributed by atoms with Gasteiger partial charge in [0.25, 0.3) is 5.56 Å². The Bertz CT molecular complexity index is 520. The van der Waals surface area contributed by atoms with E-state index in [1.807, 2.05) is 0 Å². The van der Waals surface area contributed by atoms with Crippen molar-refractivity contribution >= 4 is 33.0 Å². The summed E-state index contributed by atoms with van der Waals surface area (Å²) in [6.07, 6.45) is 1.69. The highest BCUT2D eigenvalue weighted by Crippen LogP contribution is 2.16. The third-order valence-electron chi connectivity index (χ3n) is 1.79. The molecule has 4 heteroatoms. The van der Waals surface area contributed by atoms with E-state index in [-0.39, 0.29) is 5.56 Å². The molecule has 0 saturated heterocycles. The number of rotatable bonds is 0. The number of fused-ring (bicyclic) bond motifs is 1. The molecule has 0 aliphatic heterocycles. The van der Waals surface area contributed by atoms with Crippen molar-refractivity contribution in [3.05, 3.63) is 50.3 Å². The predicted octanol–water partition coefficient (Wildman–Crippen LogP) is 2.72. The SMILES string of the molecule is O=c1c(Br)ccc2c(Cl)cccn12. The van der Waals surface area contributed by atoms with Gasteiger partial charge in [-0.05, 0) is 40.2 Å². The Morgan fingerprint density at radius 1 is 1.31 bits per heavy atom. The normalized spacial score (nSPS) is 10.6. The lowest BCUT2D eigenvalue weighted by molar-refractivity contribution is 1.08. The Balaban J connectivity index is 3.03. The van der Waals surface area contributed by atoms with Crippen molar-refractivity contribution in [2.45, 2.75) is 0 Å².